The van der Waals surface area contributed by atoms with Gasteiger partial charge in [0.05, 0.1) is 11.9 Å². The molecule has 214 valence electrons. The van der Waals surface area contributed by atoms with Crippen LogP contribution in [0, 0.1) is 29.1 Å². The van der Waals surface area contributed by atoms with Crippen molar-refractivity contribution in [1.29, 1.82) is 0 Å². The molecule has 0 spiro atoms. The first-order valence-corrected chi connectivity index (χ1v) is 14.3. The largest absolute Gasteiger partial charge is 0.369 e. The van der Waals surface area contributed by atoms with E-state index in [1.807, 2.05) is 24.4 Å². The predicted octanol–water partition coefficient (Wildman–Crippen LogP) is 6.56. The molecule has 4 aromatic rings. The maximum absolute atomic E-state index is 14.3. The number of piperazine rings is 1. The zero-order chi connectivity index (χ0) is 28.5. The van der Waals surface area contributed by atoms with Gasteiger partial charge in [-0.1, -0.05) is 30.3 Å². The molecule has 1 saturated heterocycles. The van der Waals surface area contributed by atoms with Crippen molar-refractivity contribution in [2.45, 2.75) is 36.9 Å². The molecule has 1 saturated carbocycles. The Kier molecular flexibility index (Phi) is 8.01. The van der Waals surface area contributed by atoms with E-state index in [9.17, 15) is 22.0 Å². The van der Waals surface area contributed by atoms with Crippen molar-refractivity contribution >= 4 is 17.6 Å². The quantitative estimate of drug-likeness (QED) is 0.0960. The van der Waals surface area contributed by atoms with Gasteiger partial charge in [-0.3, -0.25) is 4.90 Å². The van der Waals surface area contributed by atoms with Crippen LogP contribution in [0.3, 0.4) is 0 Å². The van der Waals surface area contributed by atoms with Crippen molar-refractivity contribution in [2.75, 3.05) is 31.1 Å². The Hall–Kier alpha value is -3.41. The molecule has 0 atom stereocenters. The number of hydrogen-bond donors (Lipinski definition) is 0. The van der Waals surface area contributed by atoms with Crippen molar-refractivity contribution < 1.29 is 22.0 Å². The average Bonchev–Trinajstić information content (AvgIpc) is 3.75. The van der Waals surface area contributed by atoms with Gasteiger partial charge in [-0.2, -0.15) is 5.10 Å². The summed E-state index contributed by atoms with van der Waals surface area (Å²) in [6.07, 6.45) is 5.01. The molecule has 0 bridgehead atoms. The molecule has 0 unspecified atom stereocenters. The van der Waals surface area contributed by atoms with Gasteiger partial charge in [0.2, 0.25) is 5.82 Å². The minimum absolute atomic E-state index is 0.0224. The van der Waals surface area contributed by atoms with Gasteiger partial charge in [0.25, 0.3) is 0 Å². The number of hydrogen-bond acceptors (Lipinski definition) is 5. The number of aromatic nitrogens is 2. The Morgan fingerprint density at radius 3 is 1.98 bits per heavy atom. The third kappa shape index (κ3) is 6.12. The summed E-state index contributed by atoms with van der Waals surface area (Å²) in [6, 6.07) is 18.6. The molecule has 0 amide bonds. The van der Waals surface area contributed by atoms with Crippen LogP contribution in [0.4, 0.5) is 27.6 Å². The molecule has 2 aliphatic rings. The SMILES string of the molecule is Fc1c(F)c(F)c(SN(Cc2cnn(-c3ccc(N4CCN(Cc5ccccc5)CC4)cc3)c2)C2CC2)c(F)c1F. The van der Waals surface area contributed by atoms with E-state index in [1.165, 1.54) is 5.56 Å². The van der Waals surface area contributed by atoms with E-state index >= 15 is 0 Å². The van der Waals surface area contributed by atoms with Gasteiger partial charge in [0.15, 0.2) is 23.3 Å². The Labute approximate surface area is 239 Å². The molecule has 3 aromatic carbocycles. The first-order chi connectivity index (χ1) is 19.9. The summed E-state index contributed by atoms with van der Waals surface area (Å²) in [5, 5.41) is 4.44. The van der Waals surface area contributed by atoms with E-state index in [4.69, 9.17) is 0 Å². The van der Waals surface area contributed by atoms with Gasteiger partial charge in [0, 0.05) is 62.8 Å². The second kappa shape index (κ2) is 11.8. The zero-order valence-electron chi connectivity index (χ0n) is 22.1. The molecule has 2 fully saturated rings. The summed E-state index contributed by atoms with van der Waals surface area (Å²) in [7, 11) is 0. The summed E-state index contributed by atoms with van der Waals surface area (Å²) in [6.45, 7) is 5.04. The van der Waals surface area contributed by atoms with E-state index in [0.717, 1.165) is 62.5 Å². The number of rotatable bonds is 9. The highest BCUT2D eigenvalue weighted by Gasteiger charge is 2.34. The molecule has 6 rings (SSSR count). The fourth-order valence-corrected chi connectivity index (χ4v) is 6.11. The average molecular weight is 586 g/mol. The molecule has 2 heterocycles. The zero-order valence-corrected chi connectivity index (χ0v) is 22.9. The second-order valence-electron chi connectivity index (χ2n) is 10.4. The Morgan fingerprint density at radius 1 is 0.732 bits per heavy atom. The Morgan fingerprint density at radius 2 is 1.34 bits per heavy atom. The molecule has 1 aromatic heterocycles. The van der Waals surface area contributed by atoms with Crippen LogP contribution in [-0.2, 0) is 13.1 Å². The van der Waals surface area contributed by atoms with Gasteiger partial charge in [-0.25, -0.2) is 30.9 Å². The van der Waals surface area contributed by atoms with E-state index in [1.54, 1.807) is 15.2 Å². The van der Waals surface area contributed by atoms with E-state index in [2.05, 4.69) is 51.3 Å². The molecule has 11 heteroatoms. The standard InChI is InChI=1S/C30H28F5N5S/c31-25-26(32)28(34)30(29(35)27(25)33)41-40(24-10-11-24)19-21-16-36-39(18-21)23-8-6-22(7-9-23)38-14-12-37(13-15-38)17-20-4-2-1-3-5-20/h1-9,16,18,24H,10-15,17,19H2. The fraction of sp³-hybridized carbons (Fsp3) is 0.300. The molecular formula is C30H28F5N5S. The summed E-state index contributed by atoms with van der Waals surface area (Å²) >= 11 is 0.558. The molecule has 5 nitrogen and oxygen atoms in total. The van der Waals surface area contributed by atoms with Crippen molar-refractivity contribution in [1.82, 2.24) is 19.0 Å². The van der Waals surface area contributed by atoms with Gasteiger partial charge < -0.3 is 4.90 Å². The maximum atomic E-state index is 14.3. The first-order valence-electron chi connectivity index (χ1n) is 13.5. The fourth-order valence-electron chi connectivity index (χ4n) is 4.97. The molecule has 0 N–H and O–H groups in total. The highest BCUT2D eigenvalue weighted by atomic mass is 32.2. The van der Waals surface area contributed by atoms with Crippen molar-refractivity contribution in [3.63, 3.8) is 0 Å². The van der Waals surface area contributed by atoms with Crippen LogP contribution in [0.15, 0.2) is 71.9 Å². The number of halogens is 5. The van der Waals surface area contributed by atoms with Crippen molar-refractivity contribution in [3.8, 4) is 5.69 Å². The number of anilines is 1. The second-order valence-corrected chi connectivity index (χ2v) is 11.4. The molecule has 41 heavy (non-hydrogen) atoms. The van der Waals surface area contributed by atoms with Gasteiger partial charge in [-0.15, -0.1) is 0 Å². The van der Waals surface area contributed by atoms with Crippen molar-refractivity contribution in [2.24, 2.45) is 0 Å². The molecule has 0 radical (unpaired) electrons. The smallest absolute Gasteiger partial charge is 0.200 e. The van der Waals surface area contributed by atoms with E-state index < -0.39 is 34.0 Å². The number of benzene rings is 3. The highest BCUT2D eigenvalue weighted by Crippen LogP contribution is 2.40. The summed E-state index contributed by atoms with van der Waals surface area (Å²) in [5.74, 6) is -9.66. The van der Waals surface area contributed by atoms with Crippen LogP contribution < -0.4 is 4.90 Å². The maximum Gasteiger partial charge on any atom is 0.200 e. The minimum atomic E-state index is -2.15. The third-order valence-electron chi connectivity index (χ3n) is 7.41. The highest BCUT2D eigenvalue weighted by molar-refractivity contribution is 7.97. The Balaban J connectivity index is 1.08. The number of nitrogens with zero attached hydrogens (tertiary/aromatic N) is 5. The topological polar surface area (TPSA) is 27.5 Å². The Bertz CT molecular complexity index is 1470. The molecule has 1 aliphatic heterocycles. The van der Waals surface area contributed by atoms with Crippen LogP contribution in [0.25, 0.3) is 5.69 Å². The van der Waals surface area contributed by atoms with E-state index in [0.29, 0.717) is 11.9 Å². The van der Waals surface area contributed by atoms with Gasteiger partial charge >= 0.3 is 0 Å². The summed E-state index contributed by atoms with van der Waals surface area (Å²) < 4.78 is 72.9. The summed E-state index contributed by atoms with van der Waals surface area (Å²) in [4.78, 5) is 3.93. The lowest BCUT2D eigenvalue weighted by Gasteiger charge is -2.36. The lowest BCUT2D eigenvalue weighted by Crippen LogP contribution is -2.45. The molecule has 1 aliphatic carbocycles. The van der Waals surface area contributed by atoms with Crippen LogP contribution >= 0.6 is 11.9 Å². The van der Waals surface area contributed by atoms with Crippen LogP contribution in [0.1, 0.15) is 24.0 Å². The first kappa shape index (κ1) is 27.7. The van der Waals surface area contributed by atoms with Gasteiger partial charge in [-0.05, 0) is 54.6 Å². The lowest BCUT2D eigenvalue weighted by atomic mass is 10.2. The predicted molar refractivity (Wildman–Crippen MR) is 148 cm³/mol. The third-order valence-corrected chi connectivity index (χ3v) is 8.61. The van der Waals surface area contributed by atoms with Crippen LogP contribution in [-0.4, -0.2) is 51.2 Å². The monoisotopic (exact) mass is 585 g/mol. The van der Waals surface area contributed by atoms with Crippen LogP contribution in [0.2, 0.25) is 0 Å². The minimum Gasteiger partial charge on any atom is -0.369 e. The lowest BCUT2D eigenvalue weighted by molar-refractivity contribution is 0.250. The van der Waals surface area contributed by atoms with Crippen LogP contribution in [0.5, 0.6) is 0 Å². The molecular weight excluding hydrogens is 557 g/mol. The summed E-state index contributed by atoms with van der Waals surface area (Å²) in [5.41, 5.74) is 4.07. The van der Waals surface area contributed by atoms with E-state index in [-0.39, 0.29) is 12.6 Å². The normalized spacial score (nSPS) is 16.1. The van der Waals surface area contributed by atoms with Crippen molar-refractivity contribution in [3.05, 3.63) is 107 Å². The van der Waals surface area contributed by atoms with Gasteiger partial charge in [0.1, 0.15) is 4.90 Å².